The smallest absolute Gasteiger partial charge is 0.320 e. The van der Waals surface area contributed by atoms with Crippen LogP contribution in [0.2, 0.25) is 0 Å². The molecule has 126 valence electrons. The molecule has 0 aliphatic carbocycles. The van der Waals surface area contributed by atoms with Gasteiger partial charge in [0, 0.05) is 0 Å². The Morgan fingerprint density at radius 2 is 1.58 bits per heavy atom. The second-order valence-electron chi connectivity index (χ2n) is 5.01. The molecular formula is C17H18N2O4S. The highest BCUT2D eigenvalue weighted by Gasteiger charge is 2.21. The van der Waals surface area contributed by atoms with Gasteiger partial charge in [-0.1, -0.05) is 48.5 Å². The Hall–Kier alpha value is -2.67. The standard InChI is InChI=1S/C17H18N2O4S/c1-23-17(20)13-24(21,22)12-16(14-8-4-2-5-9-14)19-18-15-10-6-3-7-11-15/h2-11,18H,12-13H2,1H3. The number of carbonyl (C=O) groups excluding carboxylic acids is 1. The number of rotatable bonds is 7. The quantitative estimate of drug-likeness (QED) is 0.471. The van der Waals surface area contributed by atoms with Gasteiger partial charge in [-0.3, -0.25) is 10.2 Å². The molecule has 0 unspecified atom stereocenters. The fraction of sp³-hybridized carbons (Fsp3) is 0.176. The lowest BCUT2D eigenvalue weighted by molar-refractivity contribution is -0.137. The topological polar surface area (TPSA) is 84.8 Å². The second kappa shape index (κ2) is 8.26. The van der Waals surface area contributed by atoms with Crippen LogP contribution in [0.1, 0.15) is 5.56 Å². The van der Waals surface area contributed by atoms with Crippen LogP contribution in [0.5, 0.6) is 0 Å². The van der Waals surface area contributed by atoms with Crippen molar-refractivity contribution >= 4 is 27.2 Å². The van der Waals surface area contributed by atoms with Crippen LogP contribution in [0.4, 0.5) is 5.69 Å². The van der Waals surface area contributed by atoms with E-state index in [2.05, 4.69) is 15.3 Å². The first kappa shape index (κ1) is 17.7. The van der Waals surface area contributed by atoms with Gasteiger partial charge in [-0.25, -0.2) is 8.42 Å². The van der Waals surface area contributed by atoms with Gasteiger partial charge < -0.3 is 4.74 Å². The van der Waals surface area contributed by atoms with Gasteiger partial charge in [0.1, 0.15) is 5.75 Å². The first-order valence-corrected chi connectivity index (χ1v) is 9.02. The molecule has 1 N–H and O–H groups in total. The van der Waals surface area contributed by atoms with Crippen LogP contribution in [0.15, 0.2) is 65.8 Å². The summed E-state index contributed by atoms with van der Waals surface area (Å²) in [6, 6.07) is 18.1. The molecule has 2 rings (SSSR count). The van der Waals surface area contributed by atoms with Crippen LogP contribution in [0.25, 0.3) is 0 Å². The summed E-state index contributed by atoms with van der Waals surface area (Å²) in [6.07, 6.45) is 0. The van der Waals surface area contributed by atoms with Gasteiger partial charge in [-0.2, -0.15) is 5.10 Å². The largest absolute Gasteiger partial charge is 0.468 e. The SMILES string of the molecule is COC(=O)CS(=O)(=O)CC(=NNc1ccccc1)c1ccccc1. The van der Waals surface area contributed by atoms with Crippen LogP contribution in [0, 0.1) is 0 Å². The third kappa shape index (κ3) is 5.51. The Labute approximate surface area is 141 Å². The number of carbonyl (C=O) groups is 1. The molecule has 2 aromatic carbocycles. The minimum Gasteiger partial charge on any atom is -0.468 e. The molecule has 0 aliphatic heterocycles. The molecule has 0 spiro atoms. The summed E-state index contributed by atoms with van der Waals surface area (Å²) >= 11 is 0. The first-order chi connectivity index (χ1) is 11.5. The Bertz CT molecular complexity index is 803. The van der Waals surface area contributed by atoms with Crippen LogP contribution in [0.3, 0.4) is 0 Å². The highest BCUT2D eigenvalue weighted by molar-refractivity contribution is 7.92. The van der Waals surface area contributed by atoms with Crippen LogP contribution in [-0.2, 0) is 19.4 Å². The maximum atomic E-state index is 12.2. The number of nitrogens with zero attached hydrogens (tertiary/aromatic N) is 1. The number of hydrazone groups is 1. The van der Waals surface area contributed by atoms with Crippen molar-refractivity contribution in [2.75, 3.05) is 24.0 Å². The van der Waals surface area contributed by atoms with Crippen molar-refractivity contribution < 1.29 is 17.9 Å². The maximum absolute atomic E-state index is 12.2. The molecule has 24 heavy (non-hydrogen) atoms. The van der Waals surface area contributed by atoms with Gasteiger partial charge >= 0.3 is 5.97 Å². The van der Waals surface area contributed by atoms with E-state index in [0.29, 0.717) is 11.3 Å². The van der Waals surface area contributed by atoms with Gasteiger partial charge in [0.05, 0.1) is 24.3 Å². The van der Waals surface area contributed by atoms with E-state index in [4.69, 9.17) is 0 Å². The van der Waals surface area contributed by atoms with Crippen molar-refractivity contribution in [1.29, 1.82) is 0 Å². The highest BCUT2D eigenvalue weighted by atomic mass is 32.2. The van der Waals surface area contributed by atoms with Crippen LogP contribution >= 0.6 is 0 Å². The molecule has 0 aliphatic rings. The fourth-order valence-corrected chi connectivity index (χ4v) is 3.18. The van der Waals surface area contributed by atoms with E-state index in [1.165, 1.54) is 0 Å². The fourth-order valence-electron chi connectivity index (χ4n) is 1.95. The van der Waals surface area contributed by atoms with E-state index in [1.807, 2.05) is 36.4 Å². The third-order valence-electron chi connectivity index (χ3n) is 3.12. The van der Waals surface area contributed by atoms with Crippen molar-refractivity contribution in [3.63, 3.8) is 0 Å². The summed E-state index contributed by atoms with van der Waals surface area (Å²) in [4.78, 5) is 11.3. The molecule has 2 aromatic rings. The van der Waals surface area contributed by atoms with Crippen molar-refractivity contribution in [3.05, 3.63) is 66.2 Å². The van der Waals surface area contributed by atoms with Crippen molar-refractivity contribution in [3.8, 4) is 0 Å². The van der Waals surface area contributed by atoms with E-state index >= 15 is 0 Å². The number of anilines is 1. The minimum atomic E-state index is -3.69. The van der Waals surface area contributed by atoms with E-state index in [9.17, 15) is 13.2 Å². The summed E-state index contributed by atoms with van der Waals surface area (Å²) in [6.45, 7) is 0. The van der Waals surface area contributed by atoms with Crippen molar-refractivity contribution in [2.24, 2.45) is 5.10 Å². The summed E-state index contributed by atoms with van der Waals surface area (Å²) < 4.78 is 28.8. The van der Waals surface area contributed by atoms with Crippen LogP contribution in [-0.4, -0.2) is 38.7 Å². The zero-order valence-electron chi connectivity index (χ0n) is 13.2. The minimum absolute atomic E-state index is 0.323. The van der Waals surface area contributed by atoms with E-state index < -0.39 is 21.6 Å². The second-order valence-corrected chi connectivity index (χ2v) is 7.08. The molecule has 6 nitrogen and oxygen atoms in total. The molecule has 0 amide bonds. The average Bonchev–Trinajstić information content (AvgIpc) is 2.59. The number of benzene rings is 2. The Balaban J connectivity index is 2.25. The molecule has 0 aromatic heterocycles. The highest BCUT2D eigenvalue weighted by Crippen LogP contribution is 2.09. The maximum Gasteiger partial charge on any atom is 0.320 e. The number of nitrogens with one attached hydrogen (secondary N) is 1. The predicted octanol–water partition coefficient (Wildman–Crippen LogP) is 2.09. The number of sulfone groups is 1. The number of methoxy groups -OCH3 is 1. The number of para-hydroxylation sites is 1. The van der Waals surface area contributed by atoms with Crippen molar-refractivity contribution in [2.45, 2.75) is 0 Å². The Kier molecular flexibility index (Phi) is 6.08. The predicted molar refractivity (Wildman–Crippen MR) is 93.7 cm³/mol. The van der Waals surface area contributed by atoms with Crippen molar-refractivity contribution in [1.82, 2.24) is 0 Å². The molecule has 0 bridgehead atoms. The number of hydrogen-bond acceptors (Lipinski definition) is 6. The Morgan fingerprint density at radius 1 is 1.00 bits per heavy atom. The zero-order valence-corrected chi connectivity index (χ0v) is 14.0. The van der Waals surface area contributed by atoms with Gasteiger partial charge in [0.25, 0.3) is 0 Å². The monoisotopic (exact) mass is 346 g/mol. The van der Waals surface area contributed by atoms with Gasteiger partial charge in [0.2, 0.25) is 0 Å². The Morgan fingerprint density at radius 3 is 2.17 bits per heavy atom. The molecule has 0 fully saturated rings. The third-order valence-corrected chi connectivity index (χ3v) is 4.51. The van der Waals surface area contributed by atoms with Gasteiger partial charge in [-0.15, -0.1) is 0 Å². The molecule has 0 heterocycles. The molecular weight excluding hydrogens is 328 g/mol. The van der Waals surface area contributed by atoms with E-state index in [0.717, 1.165) is 12.8 Å². The summed E-state index contributed by atoms with van der Waals surface area (Å²) in [5.41, 5.74) is 4.56. The lowest BCUT2D eigenvalue weighted by atomic mass is 10.1. The summed E-state index contributed by atoms with van der Waals surface area (Å²) in [5, 5.41) is 4.22. The van der Waals surface area contributed by atoms with Gasteiger partial charge in [0.15, 0.2) is 9.84 Å². The van der Waals surface area contributed by atoms with E-state index in [1.54, 1.807) is 24.3 Å². The average molecular weight is 346 g/mol. The van der Waals surface area contributed by atoms with Crippen LogP contribution < -0.4 is 5.43 Å². The zero-order chi connectivity index (χ0) is 17.4. The lowest BCUT2D eigenvalue weighted by Crippen LogP contribution is -2.25. The summed E-state index contributed by atoms with van der Waals surface area (Å²) in [5.74, 6) is -1.84. The first-order valence-electron chi connectivity index (χ1n) is 7.20. The molecule has 0 saturated heterocycles. The summed E-state index contributed by atoms with van der Waals surface area (Å²) in [7, 11) is -2.54. The lowest BCUT2D eigenvalue weighted by Gasteiger charge is -2.09. The number of hydrogen-bond donors (Lipinski definition) is 1. The molecule has 0 saturated carbocycles. The molecule has 0 atom stereocenters. The normalized spacial score (nSPS) is 11.8. The van der Waals surface area contributed by atoms with E-state index in [-0.39, 0.29) is 5.75 Å². The number of esters is 1. The molecule has 7 heteroatoms. The number of ether oxygens (including phenoxy) is 1. The molecule has 0 radical (unpaired) electrons. The van der Waals surface area contributed by atoms with Gasteiger partial charge in [-0.05, 0) is 17.7 Å².